The molecular weight excluding hydrogens is 242 g/mol. The average molecular weight is 249 g/mol. The molecule has 0 aromatic heterocycles. The van der Waals surface area contributed by atoms with E-state index in [9.17, 15) is 18.5 Å². The standard InChI is InChI=1S/C7H7NO5S2/c9-8(10)6-2-1-5(4-14)7(3-6)15(11,12)13/h1-3,14H,4H2,(H,11,12,13). The van der Waals surface area contributed by atoms with E-state index >= 15 is 0 Å². The van der Waals surface area contributed by atoms with Gasteiger partial charge in [0, 0.05) is 17.9 Å². The lowest BCUT2D eigenvalue weighted by atomic mass is 10.2. The van der Waals surface area contributed by atoms with Crippen molar-refractivity contribution in [3.63, 3.8) is 0 Å². The van der Waals surface area contributed by atoms with E-state index in [0.29, 0.717) is 0 Å². The van der Waals surface area contributed by atoms with Gasteiger partial charge in [0.15, 0.2) is 0 Å². The normalized spacial score (nSPS) is 11.3. The van der Waals surface area contributed by atoms with Gasteiger partial charge in [-0.3, -0.25) is 14.7 Å². The third-order valence-corrected chi connectivity index (χ3v) is 2.99. The number of non-ortho nitro benzene ring substituents is 1. The van der Waals surface area contributed by atoms with Gasteiger partial charge in [-0.25, -0.2) is 0 Å². The monoisotopic (exact) mass is 249 g/mol. The molecule has 0 amide bonds. The number of nitro benzene ring substituents is 1. The van der Waals surface area contributed by atoms with Gasteiger partial charge in [-0.2, -0.15) is 21.0 Å². The molecule has 0 bridgehead atoms. The summed E-state index contributed by atoms with van der Waals surface area (Å²) in [6.07, 6.45) is 0. The zero-order valence-electron chi connectivity index (χ0n) is 7.32. The van der Waals surface area contributed by atoms with Crippen LogP contribution in [-0.2, 0) is 15.9 Å². The van der Waals surface area contributed by atoms with E-state index < -0.39 is 25.6 Å². The number of thiol groups is 1. The minimum Gasteiger partial charge on any atom is -0.282 e. The first-order valence-electron chi connectivity index (χ1n) is 3.72. The van der Waals surface area contributed by atoms with Crippen molar-refractivity contribution in [2.75, 3.05) is 0 Å². The summed E-state index contributed by atoms with van der Waals surface area (Å²) in [5.74, 6) is 0.0626. The number of nitro groups is 1. The van der Waals surface area contributed by atoms with Crippen molar-refractivity contribution in [1.29, 1.82) is 0 Å². The predicted octanol–water partition coefficient (Wildman–Crippen LogP) is 1.27. The van der Waals surface area contributed by atoms with Crippen LogP contribution in [0.25, 0.3) is 0 Å². The van der Waals surface area contributed by atoms with Crippen LogP contribution in [0.3, 0.4) is 0 Å². The van der Waals surface area contributed by atoms with Gasteiger partial charge in [0.05, 0.1) is 4.92 Å². The minimum atomic E-state index is -4.45. The fraction of sp³-hybridized carbons (Fsp3) is 0.143. The first-order chi connectivity index (χ1) is 6.86. The Hall–Kier alpha value is -1.12. The molecule has 0 aliphatic rings. The molecule has 0 radical (unpaired) electrons. The molecule has 0 spiro atoms. The summed E-state index contributed by atoms with van der Waals surface area (Å²) in [4.78, 5) is 9.17. The molecule has 15 heavy (non-hydrogen) atoms. The van der Waals surface area contributed by atoms with Crippen LogP contribution in [0.5, 0.6) is 0 Å². The van der Waals surface area contributed by atoms with Gasteiger partial charge in [0.2, 0.25) is 0 Å². The molecular formula is C7H7NO5S2. The predicted molar refractivity (Wildman–Crippen MR) is 55.6 cm³/mol. The van der Waals surface area contributed by atoms with Crippen molar-refractivity contribution in [3.05, 3.63) is 33.9 Å². The second kappa shape index (κ2) is 4.17. The van der Waals surface area contributed by atoms with E-state index in [-0.39, 0.29) is 11.3 Å². The first kappa shape index (κ1) is 12.0. The molecule has 0 unspecified atom stereocenters. The van der Waals surface area contributed by atoms with Gasteiger partial charge in [-0.05, 0) is 11.6 Å². The Kier molecular flexibility index (Phi) is 3.32. The van der Waals surface area contributed by atoms with Gasteiger partial charge in [0.25, 0.3) is 15.8 Å². The highest BCUT2D eigenvalue weighted by Crippen LogP contribution is 2.23. The van der Waals surface area contributed by atoms with E-state index in [1.54, 1.807) is 0 Å². The Morgan fingerprint density at radius 1 is 1.47 bits per heavy atom. The van der Waals surface area contributed by atoms with Crippen LogP contribution in [0.2, 0.25) is 0 Å². The third kappa shape index (κ3) is 2.67. The molecule has 0 aliphatic heterocycles. The summed E-state index contributed by atoms with van der Waals surface area (Å²) >= 11 is 3.85. The first-order valence-corrected chi connectivity index (χ1v) is 5.79. The smallest absolute Gasteiger partial charge is 0.282 e. The Morgan fingerprint density at radius 3 is 2.47 bits per heavy atom. The fourth-order valence-corrected chi connectivity index (χ4v) is 2.15. The largest absolute Gasteiger partial charge is 0.295 e. The van der Waals surface area contributed by atoms with Crippen LogP contribution >= 0.6 is 12.6 Å². The summed E-state index contributed by atoms with van der Waals surface area (Å²) in [5.41, 5.74) is -0.181. The molecule has 1 rings (SSSR count). The van der Waals surface area contributed by atoms with Gasteiger partial charge in [-0.1, -0.05) is 0 Å². The van der Waals surface area contributed by atoms with Crippen LogP contribution < -0.4 is 0 Å². The molecule has 0 saturated carbocycles. The molecule has 8 heteroatoms. The molecule has 0 atom stereocenters. The highest BCUT2D eigenvalue weighted by Gasteiger charge is 2.18. The van der Waals surface area contributed by atoms with E-state index in [2.05, 4.69) is 12.6 Å². The summed E-state index contributed by atoms with van der Waals surface area (Å²) in [7, 11) is -4.45. The van der Waals surface area contributed by atoms with Crippen molar-refractivity contribution in [2.24, 2.45) is 0 Å². The van der Waals surface area contributed by atoms with Crippen LogP contribution in [0.15, 0.2) is 23.1 Å². The molecule has 0 heterocycles. The highest BCUT2D eigenvalue weighted by molar-refractivity contribution is 7.86. The fourth-order valence-electron chi connectivity index (χ4n) is 1.03. The zero-order valence-corrected chi connectivity index (χ0v) is 9.03. The number of benzene rings is 1. The summed E-state index contributed by atoms with van der Waals surface area (Å²) in [6.45, 7) is 0. The Balaban J connectivity index is 3.46. The molecule has 6 nitrogen and oxygen atoms in total. The van der Waals surface area contributed by atoms with Crippen molar-refractivity contribution < 1.29 is 17.9 Å². The Labute approximate surface area is 91.2 Å². The topological polar surface area (TPSA) is 97.5 Å². The number of rotatable bonds is 3. The van der Waals surface area contributed by atoms with Crippen LogP contribution in [0.4, 0.5) is 5.69 Å². The molecule has 1 aromatic rings. The Bertz CT molecular complexity index is 496. The van der Waals surface area contributed by atoms with Gasteiger partial charge >= 0.3 is 0 Å². The molecule has 0 saturated heterocycles. The summed E-state index contributed by atoms with van der Waals surface area (Å²) in [6, 6.07) is 3.20. The van der Waals surface area contributed by atoms with Crippen LogP contribution in [0, 0.1) is 10.1 Å². The number of hydrogen-bond donors (Lipinski definition) is 2. The van der Waals surface area contributed by atoms with Crippen molar-refractivity contribution >= 4 is 28.4 Å². The SMILES string of the molecule is O=[N+]([O-])c1ccc(CS)c(S(=O)(=O)O)c1. The molecule has 0 aliphatic carbocycles. The van der Waals surface area contributed by atoms with Crippen molar-refractivity contribution in [2.45, 2.75) is 10.6 Å². The van der Waals surface area contributed by atoms with E-state index in [1.807, 2.05) is 0 Å². The van der Waals surface area contributed by atoms with Gasteiger partial charge in [0.1, 0.15) is 4.90 Å². The molecule has 0 fully saturated rings. The third-order valence-electron chi connectivity index (χ3n) is 1.71. The maximum Gasteiger partial charge on any atom is 0.295 e. The number of nitrogens with zero attached hydrogens (tertiary/aromatic N) is 1. The van der Waals surface area contributed by atoms with Crippen molar-refractivity contribution in [3.8, 4) is 0 Å². The van der Waals surface area contributed by atoms with E-state index in [4.69, 9.17) is 4.55 Å². The van der Waals surface area contributed by atoms with E-state index in [1.165, 1.54) is 6.07 Å². The second-order valence-corrected chi connectivity index (χ2v) is 4.39. The van der Waals surface area contributed by atoms with E-state index in [0.717, 1.165) is 12.1 Å². The lowest BCUT2D eigenvalue weighted by Crippen LogP contribution is -2.03. The quantitative estimate of drug-likeness (QED) is 0.364. The summed E-state index contributed by atoms with van der Waals surface area (Å²) in [5, 5.41) is 10.4. The van der Waals surface area contributed by atoms with Crippen LogP contribution in [-0.4, -0.2) is 17.9 Å². The zero-order chi connectivity index (χ0) is 11.6. The van der Waals surface area contributed by atoms with Gasteiger partial charge < -0.3 is 0 Å². The number of hydrogen-bond acceptors (Lipinski definition) is 5. The second-order valence-electron chi connectivity index (χ2n) is 2.68. The van der Waals surface area contributed by atoms with Crippen molar-refractivity contribution in [1.82, 2.24) is 0 Å². The van der Waals surface area contributed by atoms with Gasteiger partial charge in [-0.15, -0.1) is 0 Å². The molecule has 82 valence electrons. The Morgan fingerprint density at radius 2 is 2.07 bits per heavy atom. The molecule has 1 N–H and O–H groups in total. The minimum absolute atomic E-state index is 0.0626. The lowest BCUT2D eigenvalue weighted by Gasteiger charge is -2.03. The highest BCUT2D eigenvalue weighted by atomic mass is 32.2. The average Bonchev–Trinajstić information content (AvgIpc) is 2.15. The van der Waals surface area contributed by atoms with Crippen LogP contribution in [0.1, 0.15) is 5.56 Å². The lowest BCUT2D eigenvalue weighted by molar-refractivity contribution is -0.385. The molecule has 1 aromatic carbocycles. The maximum absolute atomic E-state index is 10.9. The summed E-state index contributed by atoms with van der Waals surface area (Å²) < 4.78 is 30.6. The maximum atomic E-state index is 10.9.